The van der Waals surface area contributed by atoms with Crippen molar-refractivity contribution < 1.29 is 4.37 Å². The minimum absolute atomic E-state index is 0.454. The second-order valence-corrected chi connectivity index (χ2v) is 2.07. The highest BCUT2D eigenvalue weighted by atomic mass is 16.7. The molecule has 2 heteroatoms. The Hall–Kier alpha value is -0.0800. The van der Waals surface area contributed by atoms with E-state index in [0.29, 0.717) is 6.23 Å². The molecule has 0 amide bonds. The van der Waals surface area contributed by atoms with Gasteiger partial charge in [-0.3, -0.25) is 5.32 Å². The molecule has 50 valence electrons. The van der Waals surface area contributed by atoms with Crippen LogP contribution in [0.1, 0.15) is 13.3 Å². The smallest absolute Gasteiger partial charge is 0.211 e. The molecule has 0 aromatic heterocycles. The van der Waals surface area contributed by atoms with Crippen LogP contribution in [0, 0.1) is 0 Å². The third kappa shape index (κ3) is 2.28. The van der Waals surface area contributed by atoms with Gasteiger partial charge < -0.3 is 4.37 Å². The molecule has 1 atom stereocenters. The van der Waals surface area contributed by atoms with E-state index in [0.717, 1.165) is 6.42 Å². The van der Waals surface area contributed by atoms with Crippen molar-refractivity contribution in [1.29, 1.82) is 0 Å². The van der Waals surface area contributed by atoms with Crippen LogP contribution in [0.2, 0.25) is 0 Å². The Morgan fingerprint density at radius 1 is 1.50 bits per heavy atom. The Morgan fingerprint density at radius 2 is 2.00 bits per heavy atom. The van der Waals surface area contributed by atoms with E-state index in [-0.39, 0.29) is 0 Å². The lowest BCUT2D eigenvalue weighted by molar-refractivity contribution is -0.131. The van der Waals surface area contributed by atoms with Gasteiger partial charge in [0.2, 0.25) is 6.23 Å². The molecule has 1 N–H and O–H groups in total. The van der Waals surface area contributed by atoms with Crippen molar-refractivity contribution in [1.82, 2.24) is 5.32 Å². The molecular formula is C6H16NO+. The van der Waals surface area contributed by atoms with Gasteiger partial charge in [-0.15, -0.1) is 0 Å². The fourth-order valence-electron chi connectivity index (χ4n) is 0.773. The highest BCUT2D eigenvalue weighted by Gasteiger charge is 2.08. The highest BCUT2D eigenvalue weighted by Crippen LogP contribution is 1.96. The minimum atomic E-state index is 0.454. The Bertz CT molecular complexity index is 50.5. The maximum Gasteiger partial charge on any atom is 0.211 e. The fourth-order valence-corrected chi connectivity index (χ4v) is 0.773. The van der Waals surface area contributed by atoms with Crippen molar-refractivity contribution in [2.24, 2.45) is 0 Å². The molecule has 0 aromatic rings. The molecule has 8 heavy (non-hydrogen) atoms. The van der Waals surface area contributed by atoms with E-state index in [1.807, 2.05) is 21.3 Å². The van der Waals surface area contributed by atoms with Gasteiger partial charge >= 0.3 is 0 Å². The lowest BCUT2D eigenvalue weighted by Gasteiger charge is -2.17. The maximum absolute atomic E-state index is 3.14. The summed E-state index contributed by atoms with van der Waals surface area (Å²) in [4.78, 5) is 0. The molecule has 0 spiro atoms. The zero-order valence-corrected chi connectivity index (χ0v) is 6.19. The fraction of sp³-hybridized carbons (Fsp3) is 1.00. The molecule has 2 nitrogen and oxygen atoms in total. The molecular weight excluding hydrogens is 102 g/mol. The van der Waals surface area contributed by atoms with Gasteiger partial charge in [0.05, 0.1) is 0 Å². The van der Waals surface area contributed by atoms with Gasteiger partial charge in [-0.2, -0.15) is 0 Å². The summed E-state index contributed by atoms with van der Waals surface area (Å²) in [6, 6.07) is 0. The van der Waals surface area contributed by atoms with Crippen LogP contribution < -0.4 is 5.32 Å². The molecule has 0 saturated carbocycles. The van der Waals surface area contributed by atoms with Crippen LogP contribution >= 0.6 is 0 Å². The van der Waals surface area contributed by atoms with Gasteiger partial charge in [-0.05, 0) is 7.05 Å². The SMILES string of the molecule is CCC(NC)[O+](C)C. The van der Waals surface area contributed by atoms with E-state index in [9.17, 15) is 0 Å². The van der Waals surface area contributed by atoms with Gasteiger partial charge in [0.15, 0.2) is 0 Å². The molecule has 1 unspecified atom stereocenters. The van der Waals surface area contributed by atoms with Crippen LogP contribution in [0.25, 0.3) is 0 Å². The van der Waals surface area contributed by atoms with E-state index in [1.54, 1.807) is 0 Å². The molecule has 0 aromatic carbocycles. The first kappa shape index (κ1) is 7.92. The van der Waals surface area contributed by atoms with Gasteiger partial charge in [0, 0.05) is 6.42 Å². The van der Waals surface area contributed by atoms with Gasteiger partial charge in [-0.25, -0.2) is 0 Å². The summed E-state index contributed by atoms with van der Waals surface area (Å²) in [5.41, 5.74) is 0. The van der Waals surface area contributed by atoms with Crippen molar-refractivity contribution in [3.8, 4) is 0 Å². The van der Waals surface area contributed by atoms with Crippen molar-refractivity contribution in [2.45, 2.75) is 19.6 Å². The molecule has 0 aliphatic heterocycles. The molecule has 0 aliphatic carbocycles. The van der Waals surface area contributed by atoms with Crippen molar-refractivity contribution >= 4 is 0 Å². The average molecular weight is 118 g/mol. The Labute approximate surface area is 51.5 Å². The summed E-state index contributed by atoms with van der Waals surface area (Å²) >= 11 is 0. The van der Waals surface area contributed by atoms with Gasteiger partial charge in [-0.1, -0.05) is 6.92 Å². The maximum atomic E-state index is 3.14. The van der Waals surface area contributed by atoms with Gasteiger partial charge in [0.25, 0.3) is 0 Å². The van der Waals surface area contributed by atoms with Crippen LogP contribution in [0.5, 0.6) is 0 Å². The zero-order chi connectivity index (χ0) is 6.57. The van der Waals surface area contributed by atoms with E-state index < -0.39 is 0 Å². The monoisotopic (exact) mass is 118 g/mol. The lowest BCUT2D eigenvalue weighted by Crippen LogP contribution is -2.32. The molecule has 0 aliphatic rings. The lowest BCUT2D eigenvalue weighted by atomic mass is 10.4. The summed E-state index contributed by atoms with van der Waals surface area (Å²) in [6.07, 6.45) is 1.57. The molecule has 0 saturated heterocycles. The number of hydrogen-bond acceptors (Lipinski definition) is 1. The molecule has 0 radical (unpaired) electrons. The van der Waals surface area contributed by atoms with Crippen molar-refractivity contribution in [2.75, 3.05) is 21.3 Å². The second kappa shape index (κ2) is 3.87. The standard InChI is InChI=1S/C6H16NO/c1-5-6(7-2)8(3)4/h6-7H,5H2,1-4H3/q+1. The van der Waals surface area contributed by atoms with E-state index >= 15 is 0 Å². The first-order valence-corrected chi connectivity index (χ1v) is 2.96. The van der Waals surface area contributed by atoms with Gasteiger partial charge in [0.1, 0.15) is 14.2 Å². The predicted octanol–water partition coefficient (Wildman–Crippen LogP) is 0.754. The minimum Gasteiger partial charge on any atom is -0.412 e. The Balaban J connectivity index is 3.35. The largest absolute Gasteiger partial charge is 0.412 e. The molecule has 0 rings (SSSR count). The van der Waals surface area contributed by atoms with Crippen LogP contribution in [0.3, 0.4) is 0 Å². The number of hydrogen-bond donors (Lipinski definition) is 1. The number of nitrogens with one attached hydrogen (secondary N) is 1. The van der Waals surface area contributed by atoms with E-state index in [1.165, 1.54) is 0 Å². The van der Waals surface area contributed by atoms with Crippen LogP contribution in [-0.2, 0) is 4.37 Å². The summed E-state index contributed by atoms with van der Waals surface area (Å²) in [5.74, 6) is 0. The molecule has 0 heterocycles. The first-order valence-electron chi connectivity index (χ1n) is 2.96. The predicted molar refractivity (Wildman–Crippen MR) is 36.1 cm³/mol. The van der Waals surface area contributed by atoms with Crippen LogP contribution in [0.15, 0.2) is 0 Å². The van der Waals surface area contributed by atoms with Crippen LogP contribution in [0.4, 0.5) is 0 Å². The van der Waals surface area contributed by atoms with Crippen LogP contribution in [-0.4, -0.2) is 27.5 Å². The summed E-state index contributed by atoms with van der Waals surface area (Å²) in [6.45, 7) is 2.15. The average Bonchev–Trinajstić information content (AvgIpc) is 1.69. The quantitative estimate of drug-likeness (QED) is 0.427. The Morgan fingerprint density at radius 3 is 2.00 bits per heavy atom. The Kier molecular flexibility index (Phi) is 3.83. The third-order valence-corrected chi connectivity index (χ3v) is 1.26. The zero-order valence-electron chi connectivity index (χ0n) is 6.19. The van der Waals surface area contributed by atoms with Crippen molar-refractivity contribution in [3.63, 3.8) is 0 Å². The third-order valence-electron chi connectivity index (χ3n) is 1.26. The summed E-state index contributed by atoms with van der Waals surface area (Å²) < 4.78 is 2.87. The highest BCUT2D eigenvalue weighted by molar-refractivity contribution is 4.47. The normalized spacial score (nSPS) is 14.6. The summed E-state index contributed by atoms with van der Waals surface area (Å²) in [5, 5.41) is 3.14. The van der Waals surface area contributed by atoms with Crippen molar-refractivity contribution in [3.05, 3.63) is 0 Å². The molecule has 0 fully saturated rings. The summed E-state index contributed by atoms with van der Waals surface area (Å²) in [7, 11) is 5.94. The number of rotatable bonds is 3. The molecule has 0 bridgehead atoms. The topological polar surface area (TPSA) is 14.7 Å². The van der Waals surface area contributed by atoms with E-state index in [2.05, 4.69) is 16.6 Å². The first-order chi connectivity index (χ1) is 3.72. The second-order valence-electron chi connectivity index (χ2n) is 2.07. The van der Waals surface area contributed by atoms with E-state index in [4.69, 9.17) is 0 Å².